The topological polar surface area (TPSA) is 34.1 Å². The summed E-state index contributed by atoms with van der Waals surface area (Å²) in [6.07, 6.45) is 14.8. The second kappa shape index (κ2) is 7.81. The molecule has 0 aromatic rings. The van der Waals surface area contributed by atoms with Crippen LogP contribution < -0.4 is 0 Å². The molecule has 0 spiro atoms. The third-order valence-electron chi connectivity index (χ3n) is 4.99. The fourth-order valence-corrected chi connectivity index (χ4v) is 3.74. The van der Waals surface area contributed by atoms with Gasteiger partial charge in [0.25, 0.3) is 0 Å². The van der Waals surface area contributed by atoms with E-state index in [1.165, 1.54) is 38.5 Å². The van der Waals surface area contributed by atoms with Crippen molar-refractivity contribution in [2.45, 2.75) is 83.5 Å². The summed E-state index contributed by atoms with van der Waals surface area (Å²) in [6.45, 7) is 0. The normalized spacial score (nSPS) is 22.3. The van der Waals surface area contributed by atoms with Gasteiger partial charge in [0.15, 0.2) is 5.78 Å². The van der Waals surface area contributed by atoms with Gasteiger partial charge in [-0.05, 0) is 25.2 Å². The molecule has 2 nitrogen and oxygen atoms in total. The Labute approximate surface area is 117 Å². The maximum atomic E-state index is 12.0. The number of hydrogen-bond acceptors (Lipinski definition) is 2. The summed E-state index contributed by atoms with van der Waals surface area (Å²) in [5.41, 5.74) is 0. The minimum Gasteiger partial charge on any atom is -0.291 e. The molecule has 0 aliphatic heterocycles. The summed E-state index contributed by atoms with van der Waals surface area (Å²) in [6, 6.07) is 0. The van der Waals surface area contributed by atoms with Gasteiger partial charge >= 0.3 is 0 Å². The van der Waals surface area contributed by atoms with Crippen molar-refractivity contribution in [3.63, 3.8) is 0 Å². The van der Waals surface area contributed by atoms with Crippen molar-refractivity contribution in [2.75, 3.05) is 0 Å². The zero-order valence-corrected chi connectivity index (χ0v) is 12.2. The molecule has 2 fully saturated rings. The molecule has 19 heavy (non-hydrogen) atoms. The van der Waals surface area contributed by atoms with Crippen LogP contribution in [0.4, 0.5) is 0 Å². The van der Waals surface area contributed by atoms with Crippen LogP contribution in [0.15, 0.2) is 0 Å². The number of hydrogen-bond donors (Lipinski definition) is 0. The quantitative estimate of drug-likeness (QED) is 0.664. The number of Topliss-reactive ketones (excluding diaryl/α,β-unsaturated/α-hetero) is 2. The first-order valence-electron chi connectivity index (χ1n) is 8.34. The fourth-order valence-electron chi connectivity index (χ4n) is 3.74. The summed E-state index contributed by atoms with van der Waals surface area (Å²) in [5.74, 6) is 0.758. The Morgan fingerprint density at radius 2 is 1.37 bits per heavy atom. The second-order valence-electron chi connectivity index (χ2n) is 6.52. The van der Waals surface area contributed by atoms with Crippen LogP contribution in [0, 0.1) is 11.8 Å². The van der Waals surface area contributed by atoms with Crippen LogP contribution in [-0.2, 0) is 9.59 Å². The van der Waals surface area contributed by atoms with Crippen molar-refractivity contribution < 1.29 is 9.59 Å². The SMILES string of the molecule is O=C(CCCC1CCCCC1)C(=O)C1CCCCC1. The lowest BCUT2D eigenvalue weighted by molar-refractivity contribution is -0.139. The van der Waals surface area contributed by atoms with Crippen molar-refractivity contribution in [1.82, 2.24) is 0 Å². The smallest absolute Gasteiger partial charge is 0.201 e. The summed E-state index contributed by atoms with van der Waals surface area (Å²) in [4.78, 5) is 24.0. The molecule has 2 heteroatoms. The van der Waals surface area contributed by atoms with E-state index < -0.39 is 0 Å². The first-order valence-corrected chi connectivity index (χ1v) is 8.34. The lowest BCUT2D eigenvalue weighted by atomic mass is 9.83. The Morgan fingerprint density at radius 1 is 0.789 bits per heavy atom. The maximum Gasteiger partial charge on any atom is 0.201 e. The van der Waals surface area contributed by atoms with E-state index in [4.69, 9.17) is 0 Å². The highest BCUT2D eigenvalue weighted by atomic mass is 16.2. The average molecular weight is 264 g/mol. The van der Waals surface area contributed by atoms with Crippen LogP contribution in [0.2, 0.25) is 0 Å². The molecule has 0 unspecified atom stereocenters. The van der Waals surface area contributed by atoms with Crippen LogP contribution in [0.25, 0.3) is 0 Å². The predicted octanol–water partition coefficient (Wildman–Crippen LogP) is 4.46. The molecule has 0 aromatic heterocycles. The van der Waals surface area contributed by atoms with Crippen molar-refractivity contribution in [1.29, 1.82) is 0 Å². The van der Waals surface area contributed by atoms with E-state index in [1.54, 1.807) is 0 Å². The molecule has 0 bridgehead atoms. The fraction of sp³-hybridized carbons (Fsp3) is 0.882. The van der Waals surface area contributed by atoms with Crippen molar-refractivity contribution >= 4 is 11.6 Å². The molecular formula is C17H28O2. The van der Waals surface area contributed by atoms with E-state index >= 15 is 0 Å². The highest BCUT2D eigenvalue weighted by Crippen LogP contribution is 2.28. The minimum atomic E-state index is -0.0808. The number of carbonyl (C=O) groups excluding carboxylic acids is 2. The van der Waals surface area contributed by atoms with Crippen LogP contribution in [-0.4, -0.2) is 11.6 Å². The standard InChI is InChI=1S/C17H28O2/c18-16(17(19)15-11-5-2-6-12-15)13-7-10-14-8-3-1-4-9-14/h14-15H,1-13H2. The third kappa shape index (κ3) is 4.74. The van der Waals surface area contributed by atoms with Crippen molar-refractivity contribution in [3.8, 4) is 0 Å². The highest BCUT2D eigenvalue weighted by molar-refractivity contribution is 6.37. The molecular weight excluding hydrogens is 236 g/mol. The van der Waals surface area contributed by atoms with Gasteiger partial charge in [0.2, 0.25) is 5.78 Å². The van der Waals surface area contributed by atoms with Gasteiger partial charge in [-0.25, -0.2) is 0 Å². The first-order chi connectivity index (χ1) is 9.27. The van der Waals surface area contributed by atoms with Crippen LogP contribution in [0.5, 0.6) is 0 Å². The number of rotatable bonds is 6. The summed E-state index contributed by atoms with van der Waals surface area (Å²) in [5, 5.41) is 0. The Kier molecular flexibility index (Phi) is 6.06. The predicted molar refractivity (Wildman–Crippen MR) is 77.0 cm³/mol. The number of carbonyl (C=O) groups is 2. The number of ketones is 2. The van der Waals surface area contributed by atoms with Crippen LogP contribution >= 0.6 is 0 Å². The molecule has 0 saturated heterocycles. The molecule has 2 rings (SSSR count). The van der Waals surface area contributed by atoms with E-state index in [-0.39, 0.29) is 17.5 Å². The van der Waals surface area contributed by atoms with Crippen molar-refractivity contribution in [2.24, 2.45) is 11.8 Å². The largest absolute Gasteiger partial charge is 0.291 e. The Hall–Kier alpha value is -0.660. The van der Waals surface area contributed by atoms with Crippen molar-refractivity contribution in [3.05, 3.63) is 0 Å². The molecule has 2 aliphatic carbocycles. The minimum absolute atomic E-state index is 0.0525. The van der Waals surface area contributed by atoms with E-state index in [2.05, 4.69) is 0 Å². The monoisotopic (exact) mass is 264 g/mol. The molecule has 108 valence electrons. The summed E-state index contributed by atoms with van der Waals surface area (Å²) >= 11 is 0. The Balaban J connectivity index is 1.64. The van der Waals surface area contributed by atoms with Gasteiger partial charge in [-0.15, -0.1) is 0 Å². The molecule has 0 heterocycles. The van der Waals surface area contributed by atoms with Gasteiger partial charge < -0.3 is 0 Å². The van der Waals surface area contributed by atoms with Crippen LogP contribution in [0.1, 0.15) is 83.5 Å². The third-order valence-corrected chi connectivity index (χ3v) is 4.99. The Morgan fingerprint density at radius 3 is 2.00 bits per heavy atom. The lowest BCUT2D eigenvalue weighted by Crippen LogP contribution is -2.25. The molecule has 0 radical (unpaired) electrons. The van der Waals surface area contributed by atoms with Gasteiger partial charge in [0, 0.05) is 12.3 Å². The van der Waals surface area contributed by atoms with Crippen LogP contribution in [0.3, 0.4) is 0 Å². The molecule has 0 aromatic carbocycles. The van der Waals surface area contributed by atoms with E-state index in [9.17, 15) is 9.59 Å². The van der Waals surface area contributed by atoms with Gasteiger partial charge in [-0.1, -0.05) is 57.8 Å². The van der Waals surface area contributed by atoms with Gasteiger partial charge in [-0.2, -0.15) is 0 Å². The van der Waals surface area contributed by atoms with E-state index in [0.717, 1.165) is 44.4 Å². The maximum absolute atomic E-state index is 12.0. The zero-order valence-electron chi connectivity index (χ0n) is 12.2. The van der Waals surface area contributed by atoms with E-state index in [0.29, 0.717) is 6.42 Å². The lowest BCUT2D eigenvalue weighted by Gasteiger charge is -2.21. The average Bonchev–Trinajstić information content (AvgIpc) is 2.48. The van der Waals surface area contributed by atoms with Gasteiger partial charge in [0.05, 0.1) is 0 Å². The molecule has 0 N–H and O–H groups in total. The summed E-state index contributed by atoms with van der Waals surface area (Å²) in [7, 11) is 0. The Bertz CT molecular complexity index is 296. The molecule has 2 saturated carbocycles. The molecule has 0 atom stereocenters. The van der Waals surface area contributed by atoms with E-state index in [1.807, 2.05) is 0 Å². The zero-order chi connectivity index (χ0) is 13.5. The van der Waals surface area contributed by atoms with Gasteiger partial charge in [0.1, 0.15) is 0 Å². The summed E-state index contributed by atoms with van der Waals surface area (Å²) < 4.78 is 0. The molecule has 0 amide bonds. The highest BCUT2D eigenvalue weighted by Gasteiger charge is 2.26. The molecule has 2 aliphatic rings. The van der Waals surface area contributed by atoms with Gasteiger partial charge in [-0.3, -0.25) is 9.59 Å². The second-order valence-corrected chi connectivity index (χ2v) is 6.52. The first kappa shape index (κ1) is 14.7.